The van der Waals surface area contributed by atoms with Crippen molar-refractivity contribution in [3.05, 3.63) is 38.0 Å². The average Bonchev–Trinajstić information content (AvgIpc) is 3.22. The first-order valence-electron chi connectivity index (χ1n) is 16.7. The Bertz CT molecular complexity index is 1800. The third-order valence-electron chi connectivity index (χ3n) is 6.88. The van der Waals surface area contributed by atoms with Gasteiger partial charge in [0.1, 0.15) is 0 Å². The Labute approximate surface area is 380 Å². The normalized spacial score (nSPS) is 14.7. The van der Waals surface area contributed by atoms with Crippen LogP contribution in [0.5, 0.6) is 0 Å². The van der Waals surface area contributed by atoms with Gasteiger partial charge in [-0.2, -0.15) is 132 Å². The van der Waals surface area contributed by atoms with Crippen LogP contribution in [0.3, 0.4) is 0 Å². The highest BCUT2D eigenvalue weighted by Gasteiger charge is 2.81. The molecule has 0 atom stereocenters. The highest BCUT2D eigenvalue weighted by atomic mass is 19.4. The fraction of sp³-hybridized carbons (Fsp3) is 0.700. The summed E-state index contributed by atoms with van der Waals surface area (Å²) in [7, 11) is 0. The summed E-state index contributed by atoms with van der Waals surface area (Å²) >= 11 is 0. The second-order valence-corrected chi connectivity index (χ2v) is 12.4. The fourth-order valence-corrected chi connectivity index (χ4v) is 3.01. The monoisotopic (exact) mass is 1160 g/mol. The minimum absolute atomic E-state index is 0.0682. The zero-order valence-electron chi connectivity index (χ0n) is 33.7. The van der Waals surface area contributed by atoms with Gasteiger partial charge in [0, 0.05) is 18.2 Å². The van der Waals surface area contributed by atoms with E-state index >= 15 is 0 Å². The summed E-state index contributed by atoms with van der Waals surface area (Å²) in [6.45, 7) is -5.26. The van der Waals surface area contributed by atoms with Gasteiger partial charge >= 0.3 is 108 Å². The summed E-state index contributed by atoms with van der Waals surface area (Å²) in [6.07, 6.45) is -63.9. The molecule has 0 aliphatic rings. The first-order valence-corrected chi connectivity index (χ1v) is 16.7. The minimum Gasteiger partial charge on any atom is -0.456 e. The molecule has 0 spiro atoms. The lowest BCUT2D eigenvalue weighted by Gasteiger charge is -2.35. The van der Waals surface area contributed by atoms with E-state index in [1.807, 2.05) is 9.47 Å². The van der Waals surface area contributed by atoms with Gasteiger partial charge < -0.3 is 23.7 Å². The summed E-state index contributed by atoms with van der Waals surface area (Å²) in [4.78, 5) is 32.9. The molecule has 0 amide bonds. The van der Waals surface area contributed by atoms with Crippen molar-refractivity contribution in [2.75, 3.05) is 33.0 Å². The van der Waals surface area contributed by atoms with Crippen molar-refractivity contribution in [2.24, 2.45) is 0 Å². The van der Waals surface area contributed by atoms with Crippen molar-refractivity contribution >= 4 is 17.9 Å². The molecule has 0 aromatic heterocycles. The van der Waals surface area contributed by atoms with Crippen LogP contribution in [-0.4, -0.2) is 141 Å². The van der Waals surface area contributed by atoms with Crippen LogP contribution in [0.25, 0.3) is 0 Å². The van der Waals surface area contributed by atoms with Crippen molar-refractivity contribution < 1.29 is 193 Å². The molecule has 0 N–H and O–H groups in total. The zero-order chi connectivity index (χ0) is 59.0. The number of hydrogen-bond donors (Lipinski definition) is 0. The lowest BCUT2D eigenvalue weighted by atomic mass is 10.2. The molecule has 0 aromatic rings. The fourth-order valence-electron chi connectivity index (χ4n) is 3.01. The van der Waals surface area contributed by atoms with Gasteiger partial charge in [-0.1, -0.05) is 19.7 Å². The molecule has 0 bridgehead atoms. The maximum absolute atomic E-state index is 13.7. The minimum atomic E-state index is -7.40. The molecule has 430 valence electrons. The second-order valence-electron chi connectivity index (χ2n) is 12.4. The first-order chi connectivity index (χ1) is 32.0. The predicted octanol–water partition coefficient (Wildman–Crippen LogP) is 10.7. The summed E-state index contributed by atoms with van der Waals surface area (Å²) in [5, 5.41) is 0. The first kappa shape index (κ1) is 70.3. The largest absolute Gasteiger partial charge is 0.458 e. The average molecular weight is 1160 g/mol. The van der Waals surface area contributed by atoms with E-state index in [0.717, 1.165) is 0 Å². The van der Waals surface area contributed by atoms with Crippen LogP contribution in [0.1, 0.15) is 6.42 Å². The van der Waals surface area contributed by atoms with Crippen LogP contribution in [0.15, 0.2) is 38.0 Å². The number of carbonyl (C=O) groups is 3. The number of halogens is 31. The quantitative estimate of drug-likeness (QED) is 0.0215. The number of esters is 3. The van der Waals surface area contributed by atoms with E-state index in [-0.39, 0.29) is 18.2 Å². The molecule has 0 fully saturated rings. The van der Waals surface area contributed by atoms with Gasteiger partial charge in [0.25, 0.3) is 0 Å². The molecule has 0 saturated carbocycles. The number of ether oxygens (including phenoxy) is 8. The van der Waals surface area contributed by atoms with Gasteiger partial charge in [-0.15, -0.1) is 4.94 Å². The predicted molar refractivity (Wildman–Crippen MR) is 160 cm³/mol. The van der Waals surface area contributed by atoms with Crippen LogP contribution in [0, 0.1) is 0 Å². The Kier molecular flexibility index (Phi) is 22.5. The number of alkyl halides is 30. The second kappa shape index (κ2) is 23.4. The smallest absolute Gasteiger partial charge is 0.456 e. The van der Waals surface area contributed by atoms with Crippen molar-refractivity contribution in [2.45, 2.75) is 96.9 Å². The van der Waals surface area contributed by atoms with Gasteiger partial charge in [0.15, 0.2) is 19.8 Å². The number of carbonyl (C=O) groups excluding carboxylic acids is 3. The van der Waals surface area contributed by atoms with E-state index in [4.69, 9.17) is 0 Å². The van der Waals surface area contributed by atoms with E-state index in [1.165, 1.54) is 4.94 Å². The SMILES string of the molecule is C=CC(=O)OCC(F)(F)C(F)(F)OC(F)(F)C(F)(F)C(F)(F)OCCCOC(F)(F)C(F)(F)C(F)(F)OC(F)(F)C(F)(F)COC(=O)C=C.C=CC(=O)OCC(F)(F)C(F)(F)OC(F)(F)C(F)(F)C(F)(F)OF. The Balaban J connectivity index is 0. The molecule has 0 aromatic carbocycles. The third-order valence-corrected chi connectivity index (χ3v) is 6.88. The molecule has 12 nitrogen and oxygen atoms in total. The Morgan fingerprint density at radius 1 is 0.329 bits per heavy atom. The van der Waals surface area contributed by atoms with Crippen molar-refractivity contribution in [1.82, 2.24) is 0 Å². The molecular formula is C30H21F31O12. The molecule has 0 heterocycles. The van der Waals surface area contributed by atoms with Gasteiger partial charge in [-0.05, 0) is 10.9 Å². The molecule has 43 heteroatoms. The summed E-state index contributed by atoms with van der Waals surface area (Å²) in [6, 6.07) is 0. The molecule has 0 radical (unpaired) electrons. The van der Waals surface area contributed by atoms with Crippen molar-refractivity contribution in [3.63, 3.8) is 0 Å². The van der Waals surface area contributed by atoms with Crippen LogP contribution in [0.4, 0.5) is 136 Å². The lowest BCUT2D eigenvalue weighted by Crippen LogP contribution is -2.61. The summed E-state index contributed by atoms with van der Waals surface area (Å²) < 4.78 is 430. The van der Waals surface area contributed by atoms with Gasteiger partial charge in [-0.25, -0.2) is 28.6 Å². The Morgan fingerprint density at radius 3 is 0.726 bits per heavy atom. The van der Waals surface area contributed by atoms with Gasteiger partial charge in [0.05, 0.1) is 13.2 Å². The van der Waals surface area contributed by atoms with E-state index in [1.54, 1.807) is 4.74 Å². The molecule has 0 aliphatic carbocycles. The van der Waals surface area contributed by atoms with E-state index in [2.05, 4.69) is 43.4 Å². The van der Waals surface area contributed by atoms with Gasteiger partial charge in [-0.3, -0.25) is 0 Å². The van der Waals surface area contributed by atoms with Crippen LogP contribution in [-0.2, 0) is 57.2 Å². The van der Waals surface area contributed by atoms with Crippen molar-refractivity contribution in [3.8, 4) is 0 Å². The molecule has 0 saturated heterocycles. The van der Waals surface area contributed by atoms with E-state index in [9.17, 15) is 151 Å². The zero-order valence-corrected chi connectivity index (χ0v) is 33.7. The standard InChI is InChI=1S/C21H16F20O8.C9H5F11O4/c1-3-10(42)44-8-12(22,23)16(30,31)48-20(38,39)14(26,27)18(34,35)46-6-5-7-47-19(36,37)15(28,29)21(40,41)49-17(32,33)13(24,25)9-45-11(43)4-2;1-2-4(21)22-3-5(10,11)7(14,15)23-8(16,17)6(12,13)9(18,19)24-20/h3-4H,1-2,5-9H2;2H,1,3H2. The summed E-state index contributed by atoms with van der Waals surface area (Å²) in [5.41, 5.74) is 0. The molecule has 0 rings (SSSR count). The van der Waals surface area contributed by atoms with Crippen LogP contribution >= 0.6 is 0 Å². The number of hydrogen-bond acceptors (Lipinski definition) is 12. The summed E-state index contributed by atoms with van der Waals surface area (Å²) in [5.74, 6) is -45.5. The van der Waals surface area contributed by atoms with Gasteiger partial charge in [0.2, 0.25) is 0 Å². The molecule has 73 heavy (non-hydrogen) atoms. The molecular weight excluding hydrogens is 1140 g/mol. The van der Waals surface area contributed by atoms with Crippen LogP contribution in [0.2, 0.25) is 0 Å². The Hall–Kier alpha value is -4.78. The topological polar surface area (TPSA) is 134 Å². The lowest BCUT2D eigenvalue weighted by molar-refractivity contribution is -0.525. The maximum atomic E-state index is 13.7. The maximum Gasteiger partial charge on any atom is 0.458 e. The molecule has 0 unspecified atom stereocenters. The Morgan fingerprint density at radius 2 is 0.534 bits per heavy atom. The van der Waals surface area contributed by atoms with E-state index in [0.29, 0.717) is 0 Å². The van der Waals surface area contributed by atoms with Crippen molar-refractivity contribution in [1.29, 1.82) is 0 Å². The highest BCUT2D eigenvalue weighted by molar-refractivity contribution is 5.81. The van der Waals surface area contributed by atoms with Crippen LogP contribution < -0.4 is 0 Å². The third kappa shape index (κ3) is 16.6. The highest BCUT2D eigenvalue weighted by Crippen LogP contribution is 2.54. The van der Waals surface area contributed by atoms with E-state index < -0.39 is 148 Å². The molecule has 0 aliphatic heterocycles. The number of rotatable bonds is 31.